The molecule has 1 atom stereocenters. The highest BCUT2D eigenvalue weighted by molar-refractivity contribution is 5.25. The van der Waals surface area contributed by atoms with Crippen LogP contribution >= 0.6 is 0 Å². The first-order valence-electron chi connectivity index (χ1n) is 8.96. The Morgan fingerprint density at radius 1 is 1.08 bits per heavy atom. The fourth-order valence-electron chi connectivity index (χ4n) is 3.39. The average molecular weight is 340 g/mol. The number of rotatable bonds is 7. The van der Waals surface area contributed by atoms with Crippen LogP contribution in [-0.2, 0) is 13.0 Å². The van der Waals surface area contributed by atoms with E-state index in [1.54, 1.807) is 6.33 Å². The molecule has 1 unspecified atom stereocenters. The van der Waals surface area contributed by atoms with E-state index >= 15 is 0 Å². The van der Waals surface area contributed by atoms with Gasteiger partial charge in [0.05, 0.1) is 24.0 Å². The maximum Gasteiger partial charge on any atom is 0.115 e. The molecule has 0 saturated carbocycles. The largest absolute Gasteiger partial charge is 0.308 e. The van der Waals surface area contributed by atoms with Gasteiger partial charge in [-0.1, -0.05) is 6.07 Å². The zero-order chi connectivity index (χ0) is 17.6. The van der Waals surface area contributed by atoms with Gasteiger partial charge in [-0.3, -0.25) is 4.98 Å². The minimum Gasteiger partial charge on any atom is -0.308 e. The van der Waals surface area contributed by atoms with Crippen LogP contribution in [0, 0.1) is 0 Å². The molecule has 0 amide bonds. The molecule has 1 aliphatic carbocycles. The lowest BCUT2D eigenvalue weighted by molar-refractivity contribution is -0.0602. The van der Waals surface area contributed by atoms with Crippen LogP contribution in [0.5, 0.6) is 0 Å². The summed E-state index contributed by atoms with van der Waals surface area (Å²) in [7, 11) is 6.39. The highest BCUT2D eigenvalue weighted by Gasteiger charge is 2.29. The van der Waals surface area contributed by atoms with Gasteiger partial charge in [-0.05, 0) is 51.1 Å². The Morgan fingerprint density at radius 3 is 2.72 bits per heavy atom. The molecular weight excluding hydrogens is 312 g/mol. The number of aromatic nitrogens is 3. The van der Waals surface area contributed by atoms with Crippen molar-refractivity contribution in [3.05, 3.63) is 53.9 Å². The summed E-state index contributed by atoms with van der Waals surface area (Å²) < 4.78 is 0. The summed E-state index contributed by atoms with van der Waals surface area (Å²) in [5, 5.41) is 4.76. The summed E-state index contributed by atoms with van der Waals surface area (Å²) in [6.07, 6.45) is 8.81. The summed E-state index contributed by atoms with van der Waals surface area (Å²) in [5.74, 6) is 0. The van der Waals surface area contributed by atoms with Crippen LogP contribution in [0.1, 0.15) is 35.8 Å². The molecule has 6 nitrogen and oxygen atoms in total. The van der Waals surface area contributed by atoms with Crippen LogP contribution in [-0.4, -0.2) is 64.1 Å². The molecule has 0 saturated heterocycles. The monoisotopic (exact) mass is 340 g/mol. The van der Waals surface area contributed by atoms with Crippen molar-refractivity contribution in [2.75, 3.05) is 34.2 Å². The van der Waals surface area contributed by atoms with E-state index in [4.69, 9.17) is 4.98 Å². The fourth-order valence-corrected chi connectivity index (χ4v) is 3.39. The Kier molecular flexibility index (Phi) is 6.07. The Balaban J connectivity index is 1.85. The maximum absolute atomic E-state index is 4.73. The number of aryl methyl sites for hydroxylation is 1. The van der Waals surface area contributed by atoms with Crippen molar-refractivity contribution in [1.29, 1.82) is 0 Å². The van der Waals surface area contributed by atoms with Gasteiger partial charge in [0.1, 0.15) is 6.33 Å². The molecule has 2 heterocycles. The molecule has 0 fully saturated rings. The summed E-state index contributed by atoms with van der Waals surface area (Å²) in [5.41, 5.74) is 3.64. The summed E-state index contributed by atoms with van der Waals surface area (Å²) in [4.78, 5) is 15.4. The maximum atomic E-state index is 4.73. The molecule has 2 aromatic rings. The van der Waals surface area contributed by atoms with Crippen LogP contribution < -0.4 is 0 Å². The van der Waals surface area contributed by atoms with Crippen LogP contribution in [0.2, 0.25) is 0 Å². The number of hydrogen-bond donors (Lipinski definition) is 0. The number of hydrazine groups is 1. The molecule has 0 aromatic carbocycles. The third kappa shape index (κ3) is 4.60. The van der Waals surface area contributed by atoms with E-state index in [9.17, 15) is 0 Å². The van der Waals surface area contributed by atoms with E-state index in [1.807, 2.05) is 24.5 Å². The number of fused-ring (bicyclic) bond motifs is 1. The number of likely N-dealkylation sites (N-methyl/N-ethyl adjacent to an activating group) is 2. The second-order valence-electron chi connectivity index (χ2n) is 6.94. The zero-order valence-corrected chi connectivity index (χ0v) is 15.5. The van der Waals surface area contributed by atoms with Gasteiger partial charge >= 0.3 is 0 Å². The highest BCUT2D eigenvalue weighted by Crippen LogP contribution is 2.34. The van der Waals surface area contributed by atoms with Crippen molar-refractivity contribution in [2.24, 2.45) is 0 Å². The normalized spacial score (nSPS) is 17.3. The van der Waals surface area contributed by atoms with E-state index in [0.29, 0.717) is 6.04 Å². The predicted molar refractivity (Wildman–Crippen MR) is 98.7 cm³/mol. The third-order valence-corrected chi connectivity index (χ3v) is 4.80. The lowest BCUT2D eigenvalue weighted by atomic mass is 9.91. The number of pyridine rings is 1. The highest BCUT2D eigenvalue weighted by atomic mass is 15.6. The van der Waals surface area contributed by atoms with Crippen molar-refractivity contribution in [3.8, 4) is 0 Å². The Hall–Kier alpha value is -1.89. The lowest BCUT2D eigenvalue weighted by Crippen LogP contribution is -2.45. The van der Waals surface area contributed by atoms with Crippen molar-refractivity contribution < 1.29 is 0 Å². The molecule has 0 aliphatic heterocycles. The van der Waals surface area contributed by atoms with Gasteiger partial charge in [-0.15, -0.1) is 0 Å². The van der Waals surface area contributed by atoms with Crippen LogP contribution in [0.15, 0.2) is 36.9 Å². The topological polar surface area (TPSA) is 48.4 Å². The molecule has 134 valence electrons. The molecule has 0 radical (unpaired) electrons. The van der Waals surface area contributed by atoms with Gasteiger partial charge in [0, 0.05) is 32.5 Å². The molecule has 0 spiro atoms. The molecule has 25 heavy (non-hydrogen) atoms. The molecule has 2 aromatic heterocycles. The minimum atomic E-state index is 0.298. The van der Waals surface area contributed by atoms with E-state index in [1.165, 1.54) is 17.7 Å². The minimum absolute atomic E-state index is 0.298. The Bertz CT molecular complexity index is 660. The standard InChI is InChI=1S/C19H28N6/c1-23(2)12-13-24(3)25(14-17-9-11-20-15-22-17)18-8-4-6-16-7-5-10-21-19(16)18/h5,7,9-11,15,18H,4,6,8,12-14H2,1-3H3. The zero-order valence-electron chi connectivity index (χ0n) is 15.5. The van der Waals surface area contributed by atoms with Crippen LogP contribution in [0.25, 0.3) is 0 Å². The molecule has 1 aliphatic rings. The number of nitrogens with zero attached hydrogens (tertiary/aromatic N) is 6. The van der Waals surface area contributed by atoms with Gasteiger partial charge < -0.3 is 4.90 Å². The first-order chi connectivity index (χ1) is 12.1. The van der Waals surface area contributed by atoms with Crippen LogP contribution in [0.4, 0.5) is 0 Å². The van der Waals surface area contributed by atoms with E-state index in [2.05, 4.69) is 52.1 Å². The SMILES string of the molecule is CN(C)CCN(C)N(Cc1ccncn1)C1CCCc2cccnc21. The lowest BCUT2D eigenvalue weighted by Gasteiger charge is -2.40. The molecular formula is C19H28N6. The molecule has 0 N–H and O–H groups in total. The van der Waals surface area contributed by atoms with Crippen LogP contribution in [0.3, 0.4) is 0 Å². The summed E-state index contributed by atoms with van der Waals surface area (Å²) >= 11 is 0. The van der Waals surface area contributed by atoms with Crippen molar-refractivity contribution >= 4 is 0 Å². The Morgan fingerprint density at radius 2 is 1.96 bits per heavy atom. The second kappa shape index (κ2) is 8.47. The fraction of sp³-hybridized carbons (Fsp3) is 0.526. The quantitative estimate of drug-likeness (QED) is 0.720. The molecule has 0 bridgehead atoms. The van der Waals surface area contributed by atoms with Gasteiger partial charge in [0.25, 0.3) is 0 Å². The van der Waals surface area contributed by atoms with E-state index in [0.717, 1.165) is 38.2 Å². The Labute approximate surface area is 150 Å². The van der Waals surface area contributed by atoms with Crippen molar-refractivity contribution in [2.45, 2.75) is 31.8 Å². The van der Waals surface area contributed by atoms with E-state index < -0.39 is 0 Å². The predicted octanol–water partition coefficient (Wildman–Crippen LogP) is 2.16. The third-order valence-electron chi connectivity index (χ3n) is 4.80. The molecule has 3 rings (SSSR count). The molecule has 6 heteroatoms. The first kappa shape index (κ1) is 17.9. The van der Waals surface area contributed by atoms with Crippen molar-refractivity contribution in [3.63, 3.8) is 0 Å². The number of hydrogen-bond acceptors (Lipinski definition) is 6. The smallest absolute Gasteiger partial charge is 0.115 e. The van der Waals surface area contributed by atoms with Gasteiger partial charge in [-0.25, -0.2) is 20.0 Å². The van der Waals surface area contributed by atoms with Gasteiger partial charge in [-0.2, -0.15) is 0 Å². The van der Waals surface area contributed by atoms with Gasteiger partial charge in [0.2, 0.25) is 0 Å². The second-order valence-corrected chi connectivity index (χ2v) is 6.94. The first-order valence-corrected chi connectivity index (χ1v) is 8.96. The van der Waals surface area contributed by atoms with Crippen molar-refractivity contribution in [1.82, 2.24) is 29.9 Å². The van der Waals surface area contributed by atoms with Gasteiger partial charge in [0.15, 0.2) is 0 Å². The average Bonchev–Trinajstić information content (AvgIpc) is 2.64. The summed E-state index contributed by atoms with van der Waals surface area (Å²) in [6.45, 7) is 2.75. The van der Waals surface area contributed by atoms with E-state index in [-0.39, 0.29) is 0 Å². The summed E-state index contributed by atoms with van der Waals surface area (Å²) in [6, 6.07) is 6.56.